The van der Waals surface area contributed by atoms with Gasteiger partial charge in [0.05, 0.1) is 5.57 Å². The number of amides is 2. The number of imide groups is 1. The third-order valence-corrected chi connectivity index (χ3v) is 5.39. The van der Waals surface area contributed by atoms with Gasteiger partial charge in [-0.05, 0) is 45.4 Å². The fourth-order valence-corrected chi connectivity index (χ4v) is 3.92. The molecule has 5 nitrogen and oxygen atoms in total. The SMILES string of the molecule is CCN1CCN(C2=C(c3ccc(C)cc3C)C(=O)N(C(C)C)C2=O)CC1. The monoisotopic (exact) mass is 355 g/mol. The molecule has 1 fully saturated rings. The average molecular weight is 355 g/mol. The third-order valence-electron chi connectivity index (χ3n) is 5.39. The zero-order valence-corrected chi connectivity index (χ0v) is 16.5. The molecule has 140 valence electrons. The Hall–Kier alpha value is -2.14. The molecule has 0 aliphatic carbocycles. The minimum Gasteiger partial charge on any atom is -0.364 e. The lowest BCUT2D eigenvalue weighted by atomic mass is 9.97. The van der Waals surface area contributed by atoms with Gasteiger partial charge in [-0.3, -0.25) is 14.5 Å². The topological polar surface area (TPSA) is 43.9 Å². The summed E-state index contributed by atoms with van der Waals surface area (Å²) in [7, 11) is 0. The molecule has 0 aromatic heterocycles. The van der Waals surface area contributed by atoms with E-state index in [4.69, 9.17) is 0 Å². The van der Waals surface area contributed by atoms with Gasteiger partial charge in [0.15, 0.2) is 0 Å². The van der Waals surface area contributed by atoms with Crippen molar-refractivity contribution in [2.45, 2.75) is 40.7 Å². The number of carbonyl (C=O) groups is 2. The van der Waals surface area contributed by atoms with Crippen LogP contribution in [0.4, 0.5) is 0 Å². The van der Waals surface area contributed by atoms with E-state index in [0.29, 0.717) is 11.3 Å². The molecule has 26 heavy (non-hydrogen) atoms. The first-order chi connectivity index (χ1) is 12.3. The Morgan fingerprint density at radius 3 is 2.19 bits per heavy atom. The Bertz CT molecular complexity index is 759. The predicted molar refractivity (Wildman–Crippen MR) is 104 cm³/mol. The van der Waals surface area contributed by atoms with Gasteiger partial charge in [-0.15, -0.1) is 0 Å². The first-order valence-electron chi connectivity index (χ1n) is 9.52. The average Bonchev–Trinajstić information content (AvgIpc) is 2.85. The highest BCUT2D eigenvalue weighted by molar-refractivity contribution is 6.35. The summed E-state index contributed by atoms with van der Waals surface area (Å²) in [5.74, 6) is -0.310. The van der Waals surface area contributed by atoms with Crippen molar-refractivity contribution in [3.63, 3.8) is 0 Å². The van der Waals surface area contributed by atoms with Crippen molar-refractivity contribution in [3.05, 3.63) is 40.6 Å². The van der Waals surface area contributed by atoms with Crippen LogP contribution in [-0.4, -0.2) is 65.3 Å². The van der Waals surface area contributed by atoms with Gasteiger partial charge in [0.1, 0.15) is 5.70 Å². The van der Waals surface area contributed by atoms with Gasteiger partial charge in [0.2, 0.25) is 0 Å². The number of piperazine rings is 1. The van der Waals surface area contributed by atoms with Gasteiger partial charge in [-0.1, -0.05) is 30.7 Å². The van der Waals surface area contributed by atoms with Gasteiger partial charge < -0.3 is 9.80 Å². The lowest BCUT2D eigenvalue weighted by Gasteiger charge is -2.36. The minimum absolute atomic E-state index is 0.148. The van der Waals surface area contributed by atoms with Gasteiger partial charge in [-0.25, -0.2) is 0 Å². The number of likely N-dealkylation sites (N-methyl/N-ethyl adjacent to an activating group) is 1. The highest BCUT2D eigenvalue weighted by atomic mass is 16.2. The molecule has 1 aromatic rings. The van der Waals surface area contributed by atoms with Crippen molar-refractivity contribution < 1.29 is 9.59 Å². The van der Waals surface area contributed by atoms with E-state index < -0.39 is 0 Å². The molecule has 0 radical (unpaired) electrons. The molecular formula is C21H29N3O2. The summed E-state index contributed by atoms with van der Waals surface area (Å²) in [5, 5.41) is 0. The Balaban J connectivity index is 2.08. The molecule has 2 aliphatic rings. The molecule has 1 saturated heterocycles. The Kier molecular flexibility index (Phi) is 5.19. The molecule has 0 bridgehead atoms. The molecular weight excluding hydrogens is 326 g/mol. The summed E-state index contributed by atoms with van der Waals surface area (Å²) in [5.41, 5.74) is 4.24. The number of aryl methyl sites for hydroxylation is 2. The second-order valence-electron chi connectivity index (χ2n) is 7.54. The number of carbonyl (C=O) groups excluding carboxylic acids is 2. The first kappa shape index (κ1) is 18.6. The van der Waals surface area contributed by atoms with Crippen LogP contribution in [0.3, 0.4) is 0 Å². The molecule has 0 unspecified atom stereocenters. The smallest absolute Gasteiger partial charge is 0.278 e. The lowest BCUT2D eigenvalue weighted by molar-refractivity contribution is -0.139. The Labute approximate surface area is 156 Å². The molecule has 0 spiro atoms. The van der Waals surface area contributed by atoms with E-state index in [-0.39, 0.29) is 17.9 Å². The largest absolute Gasteiger partial charge is 0.364 e. The van der Waals surface area contributed by atoms with Gasteiger partial charge in [0, 0.05) is 32.2 Å². The van der Waals surface area contributed by atoms with E-state index >= 15 is 0 Å². The van der Waals surface area contributed by atoms with Crippen molar-refractivity contribution in [2.75, 3.05) is 32.7 Å². The van der Waals surface area contributed by atoms with Crippen LogP contribution in [0, 0.1) is 13.8 Å². The van der Waals surface area contributed by atoms with E-state index in [2.05, 4.69) is 22.8 Å². The summed E-state index contributed by atoms with van der Waals surface area (Å²) in [4.78, 5) is 32.2. The standard InChI is InChI=1S/C21H29N3O2/c1-6-22-9-11-23(12-10-22)19-18(17-8-7-15(4)13-16(17)5)20(25)24(14(2)3)21(19)26/h7-8,13-14H,6,9-12H2,1-5H3. The minimum atomic E-state index is -0.162. The van der Waals surface area contributed by atoms with Crippen molar-refractivity contribution in [1.82, 2.24) is 14.7 Å². The molecule has 2 amide bonds. The second kappa shape index (κ2) is 7.23. The summed E-state index contributed by atoms with van der Waals surface area (Å²) in [6.45, 7) is 14.4. The van der Waals surface area contributed by atoms with Crippen LogP contribution in [0.2, 0.25) is 0 Å². The van der Waals surface area contributed by atoms with Crippen LogP contribution >= 0.6 is 0 Å². The molecule has 2 heterocycles. The summed E-state index contributed by atoms with van der Waals surface area (Å²) in [6, 6.07) is 5.92. The third kappa shape index (κ3) is 3.16. The summed E-state index contributed by atoms with van der Waals surface area (Å²) >= 11 is 0. The fourth-order valence-electron chi connectivity index (χ4n) is 3.92. The van der Waals surface area contributed by atoms with Crippen LogP contribution in [0.1, 0.15) is 37.5 Å². The van der Waals surface area contributed by atoms with Gasteiger partial charge >= 0.3 is 0 Å². The number of nitrogens with zero attached hydrogens (tertiary/aromatic N) is 3. The van der Waals surface area contributed by atoms with E-state index in [9.17, 15) is 9.59 Å². The van der Waals surface area contributed by atoms with E-state index in [1.165, 1.54) is 4.90 Å². The highest BCUT2D eigenvalue weighted by Crippen LogP contribution is 2.34. The molecule has 1 aromatic carbocycles. The second-order valence-corrected chi connectivity index (χ2v) is 7.54. The van der Waals surface area contributed by atoms with E-state index in [0.717, 1.165) is 49.4 Å². The lowest BCUT2D eigenvalue weighted by Crippen LogP contribution is -2.47. The Morgan fingerprint density at radius 1 is 1.00 bits per heavy atom. The van der Waals surface area contributed by atoms with E-state index in [1.807, 2.05) is 39.8 Å². The zero-order valence-electron chi connectivity index (χ0n) is 16.5. The zero-order chi connectivity index (χ0) is 19.0. The maximum atomic E-state index is 13.2. The van der Waals surface area contributed by atoms with Crippen molar-refractivity contribution in [3.8, 4) is 0 Å². The van der Waals surface area contributed by atoms with Crippen LogP contribution in [-0.2, 0) is 9.59 Å². The van der Waals surface area contributed by atoms with Crippen molar-refractivity contribution in [1.29, 1.82) is 0 Å². The quantitative estimate of drug-likeness (QED) is 0.778. The van der Waals surface area contributed by atoms with Crippen LogP contribution in [0.25, 0.3) is 5.57 Å². The van der Waals surface area contributed by atoms with Crippen LogP contribution < -0.4 is 0 Å². The number of hydrogen-bond donors (Lipinski definition) is 0. The maximum absolute atomic E-state index is 13.2. The molecule has 0 N–H and O–H groups in total. The molecule has 0 atom stereocenters. The van der Waals surface area contributed by atoms with Crippen LogP contribution in [0.5, 0.6) is 0 Å². The fraction of sp³-hybridized carbons (Fsp3) is 0.524. The Morgan fingerprint density at radius 2 is 1.65 bits per heavy atom. The highest BCUT2D eigenvalue weighted by Gasteiger charge is 2.43. The number of benzene rings is 1. The molecule has 3 rings (SSSR count). The van der Waals surface area contributed by atoms with E-state index in [1.54, 1.807) is 0 Å². The number of rotatable bonds is 4. The normalized spacial score (nSPS) is 19.3. The number of hydrogen-bond acceptors (Lipinski definition) is 4. The summed E-state index contributed by atoms with van der Waals surface area (Å²) in [6.07, 6.45) is 0. The molecule has 5 heteroatoms. The van der Waals surface area contributed by atoms with Gasteiger partial charge in [-0.2, -0.15) is 0 Å². The van der Waals surface area contributed by atoms with Gasteiger partial charge in [0.25, 0.3) is 11.8 Å². The molecule has 0 saturated carbocycles. The van der Waals surface area contributed by atoms with Crippen molar-refractivity contribution in [2.24, 2.45) is 0 Å². The maximum Gasteiger partial charge on any atom is 0.278 e. The molecule has 2 aliphatic heterocycles. The summed E-state index contributed by atoms with van der Waals surface area (Å²) < 4.78 is 0. The van der Waals surface area contributed by atoms with Crippen LogP contribution in [0.15, 0.2) is 23.9 Å². The van der Waals surface area contributed by atoms with Crippen molar-refractivity contribution >= 4 is 17.4 Å². The first-order valence-corrected chi connectivity index (χ1v) is 9.52. The predicted octanol–water partition coefficient (Wildman–Crippen LogP) is 2.43.